The van der Waals surface area contributed by atoms with Crippen molar-refractivity contribution in [3.63, 3.8) is 0 Å². The first kappa shape index (κ1) is 18.7. The molecule has 1 aromatic heterocycles. The van der Waals surface area contributed by atoms with Gasteiger partial charge in [0.25, 0.3) is 11.8 Å². The quantitative estimate of drug-likeness (QED) is 0.666. The van der Waals surface area contributed by atoms with Crippen molar-refractivity contribution in [3.05, 3.63) is 59.0 Å². The van der Waals surface area contributed by atoms with E-state index in [2.05, 4.69) is 10.1 Å². The SMILES string of the molecule is COc1ccc2sc(C(=O)NC(=O)c3ccccc3OC(F)(F)F)cc2c1. The minimum atomic E-state index is -4.95. The van der Waals surface area contributed by atoms with Crippen molar-refractivity contribution < 1.29 is 32.2 Å². The van der Waals surface area contributed by atoms with E-state index in [1.165, 1.54) is 19.2 Å². The van der Waals surface area contributed by atoms with Crippen LogP contribution in [-0.4, -0.2) is 25.3 Å². The predicted octanol–water partition coefficient (Wildman–Crippen LogP) is 4.38. The van der Waals surface area contributed by atoms with Gasteiger partial charge in [0.05, 0.1) is 17.6 Å². The molecular weight excluding hydrogens is 383 g/mol. The lowest BCUT2D eigenvalue weighted by atomic mass is 10.2. The molecule has 0 bridgehead atoms. The number of rotatable bonds is 4. The monoisotopic (exact) mass is 395 g/mol. The summed E-state index contributed by atoms with van der Waals surface area (Å²) in [6, 6.07) is 11.6. The van der Waals surface area contributed by atoms with Crippen molar-refractivity contribution in [1.82, 2.24) is 5.32 Å². The minimum absolute atomic E-state index is 0.237. The standard InChI is InChI=1S/C18H12F3NO4S/c1-25-11-6-7-14-10(8-11)9-15(27-14)17(24)22-16(23)12-4-2-3-5-13(12)26-18(19,20)21/h2-9H,1H3,(H,22,23,24). The molecule has 9 heteroatoms. The summed E-state index contributed by atoms with van der Waals surface area (Å²) in [6.07, 6.45) is -4.95. The summed E-state index contributed by atoms with van der Waals surface area (Å²) < 4.78 is 47.1. The van der Waals surface area contributed by atoms with Crippen LogP contribution in [0.15, 0.2) is 48.5 Å². The molecule has 3 aromatic rings. The van der Waals surface area contributed by atoms with Gasteiger partial charge in [0.1, 0.15) is 11.5 Å². The molecule has 140 valence electrons. The van der Waals surface area contributed by atoms with Gasteiger partial charge in [0.15, 0.2) is 0 Å². The number of halogens is 3. The van der Waals surface area contributed by atoms with Gasteiger partial charge in [-0.15, -0.1) is 24.5 Å². The molecule has 0 radical (unpaired) electrons. The number of para-hydroxylation sites is 1. The van der Waals surface area contributed by atoms with Crippen LogP contribution in [-0.2, 0) is 0 Å². The zero-order valence-electron chi connectivity index (χ0n) is 13.8. The maximum atomic E-state index is 12.5. The number of hydrogen-bond donors (Lipinski definition) is 1. The number of carbonyl (C=O) groups is 2. The molecule has 0 spiro atoms. The molecule has 0 saturated heterocycles. The number of alkyl halides is 3. The Labute approximate surface area is 155 Å². The zero-order chi connectivity index (χ0) is 19.6. The first-order valence-corrected chi connectivity index (χ1v) is 8.36. The predicted molar refractivity (Wildman–Crippen MR) is 93.3 cm³/mol. The zero-order valence-corrected chi connectivity index (χ0v) is 14.6. The first-order chi connectivity index (χ1) is 12.8. The van der Waals surface area contributed by atoms with Crippen molar-refractivity contribution >= 4 is 33.2 Å². The summed E-state index contributed by atoms with van der Waals surface area (Å²) in [5.74, 6) is -1.78. The largest absolute Gasteiger partial charge is 0.573 e. The second-order valence-electron chi connectivity index (χ2n) is 5.34. The Hall–Kier alpha value is -3.07. The Bertz CT molecular complexity index is 1010. The average molecular weight is 395 g/mol. The smallest absolute Gasteiger partial charge is 0.497 e. The van der Waals surface area contributed by atoms with E-state index in [0.29, 0.717) is 5.75 Å². The Morgan fingerprint density at radius 2 is 1.78 bits per heavy atom. The number of carbonyl (C=O) groups excluding carboxylic acids is 2. The van der Waals surface area contributed by atoms with Gasteiger partial charge < -0.3 is 9.47 Å². The molecule has 0 aliphatic carbocycles. The number of hydrogen-bond acceptors (Lipinski definition) is 5. The van der Waals surface area contributed by atoms with Crippen molar-refractivity contribution in [2.24, 2.45) is 0 Å². The lowest BCUT2D eigenvalue weighted by molar-refractivity contribution is -0.274. The number of methoxy groups -OCH3 is 1. The molecular formula is C18H12F3NO4S. The second-order valence-corrected chi connectivity index (χ2v) is 6.43. The summed E-state index contributed by atoms with van der Waals surface area (Å²) in [7, 11) is 1.51. The molecule has 0 unspecified atom stereocenters. The Balaban J connectivity index is 1.81. The number of benzene rings is 2. The third-order valence-electron chi connectivity index (χ3n) is 3.53. The number of thiophene rings is 1. The highest BCUT2D eigenvalue weighted by atomic mass is 32.1. The Morgan fingerprint density at radius 3 is 2.48 bits per heavy atom. The van der Waals surface area contributed by atoms with Gasteiger partial charge in [-0.3, -0.25) is 14.9 Å². The second kappa shape index (κ2) is 7.28. The van der Waals surface area contributed by atoms with Gasteiger partial charge in [-0.2, -0.15) is 0 Å². The maximum absolute atomic E-state index is 12.5. The highest BCUT2D eigenvalue weighted by Gasteiger charge is 2.33. The molecule has 0 aliphatic heterocycles. The van der Waals surface area contributed by atoms with Gasteiger partial charge in [-0.05, 0) is 41.8 Å². The van der Waals surface area contributed by atoms with E-state index < -0.39 is 29.5 Å². The van der Waals surface area contributed by atoms with E-state index in [-0.39, 0.29) is 4.88 Å². The summed E-state index contributed by atoms with van der Waals surface area (Å²) in [4.78, 5) is 24.8. The lowest BCUT2D eigenvalue weighted by Crippen LogP contribution is -2.30. The van der Waals surface area contributed by atoms with Crippen LogP contribution in [0.1, 0.15) is 20.0 Å². The third kappa shape index (κ3) is 4.37. The number of nitrogens with one attached hydrogen (secondary N) is 1. The number of amides is 2. The third-order valence-corrected chi connectivity index (χ3v) is 4.65. The molecule has 27 heavy (non-hydrogen) atoms. The van der Waals surface area contributed by atoms with Crippen LogP contribution in [0.25, 0.3) is 10.1 Å². The van der Waals surface area contributed by atoms with Gasteiger partial charge in [-0.1, -0.05) is 12.1 Å². The van der Waals surface area contributed by atoms with Crippen molar-refractivity contribution in [1.29, 1.82) is 0 Å². The van der Waals surface area contributed by atoms with Gasteiger partial charge >= 0.3 is 6.36 Å². The highest BCUT2D eigenvalue weighted by Crippen LogP contribution is 2.29. The fourth-order valence-corrected chi connectivity index (χ4v) is 3.30. The van der Waals surface area contributed by atoms with Gasteiger partial charge in [0, 0.05) is 4.70 Å². The summed E-state index contributed by atoms with van der Waals surface area (Å²) >= 11 is 1.14. The van der Waals surface area contributed by atoms with Crippen LogP contribution in [0, 0.1) is 0 Å². The summed E-state index contributed by atoms with van der Waals surface area (Å²) in [5, 5.41) is 2.83. The van der Waals surface area contributed by atoms with Crippen molar-refractivity contribution in [3.8, 4) is 11.5 Å². The highest BCUT2D eigenvalue weighted by molar-refractivity contribution is 7.20. The fraction of sp³-hybridized carbons (Fsp3) is 0.111. The van der Waals surface area contributed by atoms with Gasteiger partial charge in [-0.25, -0.2) is 0 Å². The number of imide groups is 1. The first-order valence-electron chi connectivity index (χ1n) is 7.55. The van der Waals surface area contributed by atoms with E-state index in [9.17, 15) is 22.8 Å². The van der Waals surface area contributed by atoms with E-state index in [1.54, 1.807) is 24.3 Å². The summed E-state index contributed by atoms with van der Waals surface area (Å²) in [6.45, 7) is 0. The van der Waals surface area contributed by atoms with Crippen LogP contribution in [0.2, 0.25) is 0 Å². The number of fused-ring (bicyclic) bond motifs is 1. The van der Waals surface area contributed by atoms with E-state index >= 15 is 0 Å². The average Bonchev–Trinajstić information content (AvgIpc) is 3.04. The van der Waals surface area contributed by atoms with Crippen molar-refractivity contribution in [2.45, 2.75) is 6.36 Å². The van der Waals surface area contributed by atoms with Crippen LogP contribution in [0.3, 0.4) is 0 Å². The Morgan fingerprint density at radius 1 is 1.04 bits per heavy atom. The molecule has 1 N–H and O–H groups in total. The lowest BCUT2D eigenvalue weighted by Gasteiger charge is -2.12. The molecule has 1 heterocycles. The topological polar surface area (TPSA) is 64.6 Å². The molecule has 2 amide bonds. The molecule has 0 fully saturated rings. The van der Waals surface area contributed by atoms with Crippen molar-refractivity contribution in [2.75, 3.05) is 7.11 Å². The molecule has 0 atom stereocenters. The maximum Gasteiger partial charge on any atom is 0.573 e. The minimum Gasteiger partial charge on any atom is -0.497 e. The molecule has 0 aliphatic rings. The van der Waals surface area contributed by atoms with E-state index in [1.807, 2.05) is 0 Å². The molecule has 2 aromatic carbocycles. The Kier molecular flexibility index (Phi) is 5.04. The van der Waals surface area contributed by atoms with E-state index in [4.69, 9.17) is 4.74 Å². The van der Waals surface area contributed by atoms with Crippen LogP contribution in [0.5, 0.6) is 11.5 Å². The fourth-order valence-electron chi connectivity index (χ4n) is 2.36. The summed E-state index contributed by atoms with van der Waals surface area (Å²) in [5.41, 5.74) is -0.397. The van der Waals surface area contributed by atoms with Gasteiger partial charge in [0.2, 0.25) is 0 Å². The molecule has 0 saturated carbocycles. The van der Waals surface area contributed by atoms with E-state index in [0.717, 1.165) is 33.6 Å². The van der Waals surface area contributed by atoms with Crippen LogP contribution < -0.4 is 14.8 Å². The normalized spacial score (nSPS) is 11.3. The molecule has 3 rings (SSSR count). The van der Waals surface area contributed by atoms with Crippen LogP contribution in [0.4, 0.5) is 13.2 Å². The number of ether oxygens (including phenoxy) is 2. The van der Waals surface area contributed by atoms with Crippen LogP contribution >= 0.6 is 11.3 Å². The molecule has 5 nitrogen and oxygen atoms in total.